The Morgan fingerprint density at radius 1 is 1.46 bits per heavy atom. The zero-order valence-corrected chi connectivity index (χ0v) is 16.0. The number of fused-ring (bicyclic) bond motifs is 3. The molecular weight excluding hydrogens is 360 g/mol. The Morgan fingerprint density at radius 3 is 2.96 bits per heavy atom. The Labute approximate surface area is 163 Å². The molecule has 3 fully saturated rings. The van der Waals surface area contributed by atoms with Gasteiger partial charge in [-0.1, -0.05) is 25.1 Å². The monoisotopic (exact) mass is 384 g/mol. The maximum atomic E-state index is 13.3. The van der Waals surface area contributed by atoms with Gasteiger partial charge in [-0.05, 0) is 24.5 Å². The molecule has 0 aromatic heterocycles. The van der Waals surface area contributed by atoms with Crippen molar-refractivity contribution >= 4 is 17.6 Å². The van der Waals surface area contributed by atoms with Gasteiger partial charge in [-0.15, -0.1) is 0 Å². The minimum atomic E-state index is -0.998. The number of carboxylic acid groups (broad SMARTS) is 1. The second-order valence-electron chi connectivity index (χ2n) is 8.25. The number of benzene rings is 1. The Kier molecular flexibility index (Phi) is 3.53. The molecule has 4 aliphatic rings. The molecule has 7 nitrogen and oxygen atoms in total. The van der Waals surface area contributed by atoms with Crippen molar-refractivity contribution in [1.82, 2.24) is 4.90 Å². The smallest absolute Gasteiger partial charge is 0.335 e. The van der Waals surface area contributed by atoms with Gasteiger partial charge in [0.1, 0.15) is 11.1 Å². The molecular formula is C21H24N2O5. The SMILES string of the molecule is CCC12CN3CC[C@@]4(C(=O)Nc5ccccc54)[C@]3(C[C@@H]1/C(=C\OC)C(=O)O)O2. The summed E-state index contributed by atoms with van der Waals surface area (Å²) < 4.78 is 11.9. The van der Waals surface area contributed by atoms with E-state index < -0.39 is 22.7 Å². The van der Waals surface area contributed by atoms with Gasteiger partial charge in [0.25, 0.3) is 0 Å². The van der Waals surface area contributed by atoms with E-state index in [1.807, 2.05) is 31.2 Å². The number of carbonyl (C=O) groups is 2. The summed E-state index contributed by atoms with van der Waals surface area (Å²) in [6.07, 6.45) is 3.12. The number of nitrogens with one attached hydrogen (secondary N) is 1. The van der Waals surface area contributed by atoms with Crippen LogP contribution < -0.4 is 5.32 Å². The molecule has 1 aromatic rings. The molecule has 28 heavy (non-hydrogen) atoms. The van der Waals surface area contributed by atoms with E-state index in [0.717, 1.165) is 17.8 Å². The third-order valence-electron chi connectivity index (χ3n) is 7.37. The molecule has 4 atom stereocenters. The molecule has 5 rings (SSSR count). The molecule has 3 saturated heterocycles. The molecule has 0 saturated carbocycles. The van der Waals surface area contributed by atoms with Crippen LogP contribution in [0.5, 0.6) is 0 Å². The fourth-order valence-corrected chi connectivity index (χ4v) is 6.17. The van der Waals surface area contributed by atoms with E-state index in [4.69, 9.17) is 9.47 Å². The lowest BCUT2D eigenvalue weighted by Crippen LogP contribution is -2.57. The molecule has 2 bridgehead atoms. The van der Waals surface area contributed by atoms with Gasteiger partial charge in [-0.3, -0.25) is 9.69 Å². The van der Waals surface area contributed by atoms with Crippen LogP contribution >= 0.6 is 0 Å². The number of hydrogen-bond acceptors (Lipinski definition) is 5. The Balaban J connectivity index is 1.67. The van der Waals surface area contributed by atoms with E-state index in [-0.39, 0.29) is 17.4 Å². The lowest BCUT2D eigenvalue weighted by Gasteiger charge is -2.41. The maximum absolute atomic E-state index is 13.3. The van der Waals surface area contributed by atoms with E-state index in [1.54, 1.807) is 0 Å². The first kappa shape index (κ1) is 17.7. The first-order valence-electron chi connectivity index (χ1n) is 9.76. The Bertz CT molecular complexity index is 914. The van der Waals surface area contributed by atoms with Crippen LogP contribution in [0.25, 0.3) is 0 Å². The summed E-state index contributed by atoms with van der Waals surface area (Å²) in [6.45, 7) is 3.40. The number of amides is 1. The minimum Gasteiger partial charge on any atom is -0.504 e. The van der Waals surface area contributed by atoms with Gasteiger partial charge in [-0.2, -0.15) is 0 Å². The topological polar surface area (TPSA) is 88.1 Å². The molecule has 4 aliphatic heterocycles. The van der Waals surface area contributed by atoms with Crippen LogP contribution in [0.1, 0.15) is 31.7 Å². The summed E-state index contributed by atoms with van der Waals surface area (Å²) >= 11 is 0. The van der Waals surface area contributed by atoms with Crippen molar-refractivity contribution in [3.8, 4) is 0 Å². The summed E-state index contributed by atoms with van der Waals surface area (Å²) in [5.74, 6) is -1.37. The fourth-order valence-electron chi connectivity index (χ4n) is 6.17. The summed E-state index contributed by atoms with van der Waals surface area (Å²) in [5.41, 5.74) is -0.264. The number of anilines is 1. The van der Waals surface area contributed by atoms with Crippen molar-refractivity contribution < 1.29 is 24.2 Å². The first-order chi connectivity index (χ1) is 13.4. The molecule has 7 heteroatoms. The van der Waals surface area contributed by atoms with E-state index in [0.29, 0.717) is 25.8 Å². The van der Waals surface area contributed by atoms with Crippen molar-refractivity contribution in [3.05, 3.63) is 41.7 Å². The number of para-hydroxylation sites is 1. The molecule has 1 aromatic carbocycles. The standard InChI is InChI=1S/C21H24N2O5/c1-3-19-12-23-9-8-20(14-6-4-5-7-16(14)22-18(20)26)21(23,28-19)10-15(19)13(11-27-2)17(24)25/h4-7,11,15H,3,8-10,12H2,1-2H3,(H,22,26)(H,24,25)/b13-11+/t15-,19?,20-,21+/m1/s1. The molecule has 0 radical (unpaired) electrons. The van der Waals surface area contributed by atoms with Crippen molar-refractivity contribution in [1.29, 1.82) is 0 Å². The van der Waals surface area contributed by atoms with Crippen molar-refractivity contribution in [2.45, 2.75) is 42.9 Å². The summed E-state index contributed by atoms with van der Waals surface area (Å²) in [4.78, 5) is 27.6. The normalized spacial score (nSPS) is 38.6. The van der Waals surface area contributed by atoms with Crippen molar-refractivity contribution in [2.24, 2.45) is 5.92 Å². The van der Waals surface area contributed by atoms with Gasteiger partial charge in [0.15, 0.2) is 0 Å². The lowest BCUT2D eigenvalue weighted by molar-refractivity contribution is -0.146. The quantitative estimate of drug-likeness (QED) is 0.611. The molecule has 1 amide bonds. The van der Waals surface area contributed by atoms with E-state index >= 15 is 0 Å². The summed E-state index contributed by atoms with van der Waals surface area (Å²) in [6, 6.07) is 7.78. The molecule has 0 aliphatic carbocycles. The number of carboxylic acids is 1. The van der Waals surface area contributed by atoms with Crippen LogP contribution in [0.15, 0.2) is 36.1 Å². The summed E-state index contributed by atoms with van der Waals surface area (Å²) in [5, 5.41) is 12.9. The largest absolute Gasteiger partial charge is 0.504 e. The van der Waals surface area contributed by atoms with Crippen LogP contribution in [0.3, 0.4) is 0 Å². The number of aliphatic carboxylic acids is 1. The van der Waals surface area contributed by atoms with Gasteiger partial charge in [0, 0.05) is 31.1 Å². The number of nitrogens with zero attached hydrogens (tertiary/aromatic N) is 1. The van der Waals surface area contributed by atoms with Crippen molar-refractivity contribution in [2.75, 3.05) is 25.5 Å². The number of hydrogen-bond donors (Lipinski definition) is 2. The van der Waals surface area contributed by atoms with Crippen LogP contribution in [0.2, 0.25) is 0 Å². The van der Waals surface area contributed by atoms with Crippen molar-refractivity contribution in [3.63, 3.8) is 0 Å². The highest BCUT2D eigenvalue weighted by molar-refractivity contribution is 6.07. The fraction of sp³-hybridized carbons (Fsp3) is 0.524. The molecule has 1 unspecified atom stereocenters. The molecule has 2 spiro atoms. The first-order valence-corrected chi connectivity index (χ1v) is 9.76. The third kappa shape index (κ3) is 1.81. The summed E-state index contributed by atoms with van der Waals surface area (Å²) in [7, 11) is 1.46. The third-order valence-corrected chi connectivity index (χ3v) is 7.37. The van der Waals surface area contributed by atoms with E-state index in [9.17, 15) is 14.7 Å². The number of methoxy groups -OCH3 is 1. The number of carbonyl (C=O) groups excluding carboxylic acids is 1. The number of ether oxygens (including phenoxy) is 2. The Hall–Kier alpha value is -2.38. The van der Waals surface area contributed by atoms with Gasteiger partial charge >= 0.3 is 5.97 Å². The van der Waals surface area contributed by atoms with Gasteiger partial charge in [-0.25, -0.2) is 4.79 Å². The Morgan fingerprint density at radius 2 is 2.25 bits per heavy atom. The average Bonchev–Trinajstić information content (AvgIpc) is 3.36. The average molecular weight is 384 g/mol. The zero-order valence-electron chi connectivity index (χ0n) is 16.0. The van der Waals surface area contributed by atoms with E-state index in [1.165, 1.54) is 13.4 Å². The molecule has 148 valence electrons. The highest BCUT2D eigenvalue weighted by Gasteiger charge is 2.78. The van der Waals surface area contributed by atoms with Crippen LogP contribution in [0.4, 0.5) is 5.69 Å². The van der Waals surface area contributed by atoms with E-state index in [2.05, 4.69) is 10.2 Å². The van der Waals surface area contributed by atoms with Crippen LogP contribution in [0, 0.1) is 5.92 Å². The molecule has 4 heterocycles. The minimum absolute atomic E-state index is 0.0450. The predicted molar refractivity (Wildman–Crippen MR) is 101 cm³/mol. The van der Waals surface area contributed by atoms with Gasteiger partial charge in [0.05, 0.1) is 24.5 Å². The molecule has 2 N–H and O–H groups in total. The van der Waals surface area contributed by atoms with Crippen LogP contribution in [-0.2, 0) is 24.5 Å². The second kappa shape index (κ2) is 5.58. The van der Waals surface area contributed by atoms with Gasteiger partial charge in [0.2, 0.25) is 5.91 Å². The highest BCUT2D eigenvalue weighted by atomic mass is 16.6. The number of rotatable bonds is 4. The lowest BCUT2D eigenvalue weighted by atomic mass is 9.67. The zero-order chi connectivity index (χ0) is 19.7. The van der Waals surface area contributed by atoms with Gasteiger partial charge < -0.3 is 19.9 Å². The predicted octanol–water partition coefficient (Wildman–Crippen LogP) is 2.09. The highest BCUT2D eigenvalue weighted by Crippen LogP contribution is 2.67. The second-order valence-corrected chi connectivity index (χ2v) is 8.25. The number of piperidine rings is 1. The maximum Gasteiger partial charge on any atom is 0.335 e. The van der Waals surface area contributed by atoms with Crippen LogP contribution in [-0.4, -0.2) is 53.4 Å².